The van der Waals surface area contributed by atoms with Crippen molar-refractivity contribution in [1.82, 2.24) is 14.5 Å². The molecule has 1 aromatic rings. The van der Waals surface area contributed by atoms with E-state index in [0.717, 1.165) is 0 Å². The van der Waals surface area contributed by atoms with E-state index >= 15 is 0 Å². The van der Waals surface area contributed by atoms with Gasteiger partial charge in [0.05, 0.1) is 23.2 Å². The molecule has 0 saturated heterocycles. The minimum atomic E-state index is -4.22. The number of nitrogens with one attached hydrogen (secondary N) is 1. The first-order chi connectivity index (χ1) is 10.1. The standard InChI is InChI=1S/C14H20F3N3OS/c1-12(2,3)22(21)19-9-8-11(20-10(9)4-7-18-20)13(5-6-13)14(15,16)17/h4,7,9,11,19H,5-6,8H2,1-3H3/t9-,11-,22?/m1/s1. The normalized spacial score (nSPS) is 28.5. The molecule has 1 aromatic heterocycles. The number of rotatable bonds is 3. The van der Waals surface area contributed by atoms with Crippen LogP contribution in [0.1, 0.15) is 57.8 Å². The lowest BCUT2D eigenvalue weighted by atomic mass is 9.93. The van der Waals surface area contributed by atoms with Gasteiger partial charge >= 0.3 is 6.18 Å². The summed E-state index contributed by atoms with van der Waals surface area (Å²) >= 11 is -1.33. The van der Waals surface area contributed by atoms with Gasteiger partial charge in [-0.2, -0.15) is 18.3 Å². The molecule has 22 heavy (non-hydrogen) atoms. The molecule has 1 aliphatic heterocycles. The van der Waals surface area contributed by atoms with Gasteiger partial charge in [0, 0.05) is 17.6 Å². The molecular formula is C14H20F3N3OS. The first kappa shape index (κ1) is 16.1. The molecule has 1 fully saturated rings. The Hall–Kier alpha value is -0.730. The molecule has 1 unspecified atom stereocenters. The van der Waals surface area contributed by atoms with Crippen molar-refractivity contribution in [2.75, 3.05) is 0 Å². The molecule has 3 atom stereocenters. The number of hydrogen-bond donors (Lipinski definition) is 1. The predicted octanol–water partition coefficient (Wildman–Crippen LogP) is 3.26. The molecule has 8 heteroatoms. The molecule has 124 valence electrons. The molecule has 0 radical (unpaired) electrons. The Kier molecular flexibility index (Phi) is 3.58. The summed E-state index contributed by atoms with van der Waals surface area (Å²) in [5.74, 6) is 0. The zero-order chi connectivity index (χ0) is 16.3. The van der Waals surface area contributed by atoms with E-state index in [2.05, 4.69) is 9.82 Å². The van der Waals surface area contributed by atoms with Crippen molar-refractivity contribution in [2.45, 2.75) is 63.0 Å². The molecule has 1 N–H and O–H groups in total. The predicted molar refractivity (Wildman–Crippen MR) is 77.4 cm³/mol. The van der Waals surface area contributed by atoms with Gasteiger partial charge in [0.25, 0.3) is 0 Å². The first-order valence-electron chi connectivity index (χ1n) is 7.34. The third-order valence-corrected chi connectivity index (χ3v) is 6.22. The maximum Gasteiger partial charge on any atom is 0.396 e. The van der Waals surface area contributed by atoms with Crippen LogP contribution in [-0.4, -0.2) is 25.3 Å². The highest BCUT2D eigenvalue weighted by Gasteiger charge is 2.69. The Morgan fingerprint density at radius 2 is 2.00 bits per heavy atom. The maximum atomic E-state index is 13.4. The van der Waals surface area contributed by atoms with E-state index in [1.807, 2.05) is 20.8 Å². The average molecular weight is 335 g/mol. The van der Waals surface area contributed by atoms with Crippen LogP contribution in [0.4, 0.5) is 13.2 Å². The van der Waals surface area contributed by atoms with Crippen LogP contribution < -0.4 is 4.72 Å². The fourth-order valence-corrected chi connectivity index (χ4v) is 3.95. The van der Waals surface area contributed by atoms with Gasteiger partial charge in [0.15, 0.2) is 0 Å². The van der Waals surface area contributed by atoms with Gasteiger partial charge in [0.2, 0.25) is 0 Å². The van der Waals surface area contributed by atoms with Gasteiger partial charge in [-0.3, -0.25) is 4.68 Å². The van der Waals surface area contributed by atoms with Crippen LogP contribution in [0.15, 0.2) is 12.3 Å². The van der Waals surface area contributed by atoms with Gasteiger partial charge in [-0.05, 0) is 46.1 Å². The van der Waals surface area contributed by atoms with Gasteiger partial charge in [0.1, 0.15) is 4.75 Å². The minimum Gasteiger partial charge on any atom is -0.598 e. The second kappa shape index (κ2) is 4.88. The van der Waals surface area contributed by atoms with Gasteiger partial charge in [-0.25, -0.2) is 0 Å². The van der Waals surface area contributed by atoms with Gasteiger partial charge in [-0.15, -0.1) is 4.72 Å². The fourth-order valence-electron chi connectivity index (χ4n) is 3.12. The highest BCUT2D eigenvalue weighted by Crippen LogP contribution is 2.66. The Morgan fingerprint density at radius 1 is 1.36 bits per heavy atom. The molecule has 0 spiro atoms. The number of alkyl halides is 3. The average Bonchev–Trinajstić information content (AvgIpc) is 2.92. The quantitative estimate of drug-likeness (QED) is 0.863. The van der Waals surface area contributed by atoms with Crippen molar-refractivity contribution in [1.29, 1.82) is 0 Å². The van der Waals surface area contributed by atoms with Crippen LogP contribution in [0, 0.1) is 5.41 Å². The van der Waals surface area contributed by atoms with E-state index in [0.29, 0.717) is 5.69 Å². The summed E-state index contributed by atoms with van der Waals surface area (Å²) in [5, 5.41) is 4.10. The molecule has 4 nitrogen and oxygen atoms in total. The largest absolute Gasteiger partial charge is 0.598 e. The van der Waals surface area contributed by atoms with E-state index in [1.54, 1.807) is 6.07 Å². The summed E-state index contributed by atoms with van der Waals surface area (Å²) in [5.41, 5.74) is -0.967. The van der Waals surface area contributed by atoms with E-state index in [9.17, 15) is 17.7 Å². The van der Waals surface area contributed by atoms with Crippen LogP contribution in [0.5, 0.6) is 0 Å². The number of hydrogen-bond acceptors (Lipinski definition) is 3. The van der Waals surface area contributed by atoms with Crippen LogP contribution in [0.2, 0.25) is 0 Å². The lowest BCUT2D eigenvalue weighted by Crippen LogP contribution is -2.41. The molecular weight excluding hydrogens is 315 g/mol. The SMILES string of the molecule is CC(C)(C)[S+]([O-])N[C@@H]1C[C@H](C2(C(F)(F)F)CC2)n2nccc21. The lowest BCUT2D eigenvalue weighted by molar-refractivity contribution is -0.200. The first-order valence-corrected chi connectivity index (χ1v) is 8.49. The number of nitrogens with zero attached hydrogens (tertiary/aromatic N) is 2. The molecule has 2 aliphatic rings. The smallest absolute Gasteiger partial charge is 0.396 e. The Balaban J connectivity index is 1.84. The summed E-state index contributed by atoms with van der Waals surface area (Å²) < 4.78 is 56.5. The van der Waals surface area contributed by atoms with Crippen molar-refractivity contribution in [3.63, 3.8) is 0 Å². The highest BCUT2D eigenvalue weighted by molar-refractivity contribution is 7.90. The van der Waals surface area contributed by atoms with Crippen LogP contribution >= 0.6 is 0 Å². The lowest BCUT2D eigenvalue weighted by Gasteiger charge is -2.28. The number of halogens is 3. The Morgan fingerprint density at radius 3 is 2.50 bits per heavy atom. The second-order valence-electron chi connectivity index (χ2n) is 7.16. The summed E-state index contributed by atoms with van der Waals surface area (Å²) in [6, 6.07) is 0.656. The molecule has 0 aromatic carbocycles. The molecule has 3 rings (SSSR count). The molecule has 0 amide bonds. The summed E-state index contributed by atoms with van der Waals surface area (Å²) in [6.45, 7) is 5.49. The highest BCUT2D eigenvalue weighted by atomic mass is 32.2. The molecule has 1 saturated carbocycles. The third-order valence-electron chi connectivity index (χ3n) is 4.61. The van der Waals surface area contributed by atoms with Gasteiger partial charge < -0.3 is 4.55 Å². The van der Waals surface area contributed by atoms with Crippen LogP contribution in [0.3, 0.4) is 0 Å². The van der Waals surface area contributed by atoms with E-state index in [-0.39, 0.29) is 25.3 Å². The van der Waals surface area contributed by atoms with Crippen LogP contribution in [-0.2, 0) is 11.4 Å². The number of fused-ring (bicyclic) bond motifs is 1. The monoisotopic (exact) mass is 335 g/mol. The van der Waals surface area contributed by atoms with Crippen molar-refractivity contribution >= 4 is 11.4 Å². The minimum absolute atomic E-state index is 0.148. The summed E-state index contributed by atoms with van der Waals surface area (Å²) in [6.07, 6.45) is -2.13. The third kappa shape index (κ3) is 2.45. The van der Waals surface area contributed by atoms with Crippen molar-refractivity contribution < 1.29 is 17.7 Å². The van der Waals surface area contributed by atoms with Crippen molar-refractivity contribution in [3.8, 4) is 0 Å². The Bertz CT molecular complexity index is 562. The second-order valence-corrected chi connectivity index (χ2v) is 9.16. The number of aromatic nitrogens is 2. The zero-order valence-corrected chi connectivity index (χ0v) is 13.6. The molecule has 2 heterocycles. The Labute approximate surface area is 130 Å². The topological polar surface area (TPSA) is 52.9 Å². The summed E-state index contributed by atoms with van der Waals surface area (Å²) in [4.78, 5) is 0. The molecule has 1 aliphatic carbocycles. The van der Waals surface area contributed by atoms with Crippen LogP contribution in [0.25, 0.3) is 0 Å². The zero-order valence-electron chi connectivity index (χ0n) is 12.8. The van der Waals surface area contributed by atoms with Crippen molar-refractivity contribution in [3.05, 3.63) is 18.0 Å². The summed E-state index contributed by atoms with van der Waals surface area (Å²) in [7, 11) is 0. The van der Waals surface area contributed by atoms with E-state index in [1.165, 1.54) is 10.9 Å². The fraction of sp³-hybridized carbons (Fsp3) is 0.786. The maximum absolute atomic E-state index is 13.4. The van der Waals surface area contributed by atoms with Gasteiger partial charge in [-0.1, -0.05) is 0 Å². The van der Waals surface area contributed by atoms with Crippen molar-refractivity contribution in [2.24, 2.45) is 5.41 Å². The molecule has 0 bridgehead atoms. The van der Waals surface area contributed by atoms with E-state index < -0.39 is 33.7 Å². The van der Waals surface area contributed by atoms with E-state index in [4.69, 9.17) is 0 Å².